The van der Waals surface area contributed by atoms with E-state index >= 15 is 0 Å². The second-order valence-corrected chi connectivity index (χ2v) is 9.06. The number of nitrogens with zero attached hydrogens (tertiary/aromatic N) is 4. The lowest BCUT2D eigenvalue weighted by Crippen LogP contribution is -2.30. The van der Waals surface area contributed by atoms with Crippen molar-refractivity contribution in [2.45, 2.75) is 30.3 Å². The lowest BCUT2D eigenvalue weighted by atomic mass is 10.1. The van der Waals surface area contributed by atoms with Gasteiger partial charge in [0, 0.05) is 17.6 Å². The van der Waals surface area contributed by atoms with E-state index in [1.807, 2.05) is 6.07 Å². The van der Waals surface area contributed by atoms with Gasteiger partial charge in [0.25, 0.3) is 10.0 Å². The third-order valence-electron chi connectivity index (χ3n) is 5.56. The van der Waals surface area contributed by atoms with Gasteiger partial charge >= 0.3 is 0 Å². The average Bonchev–Trinajstić information content (AvgIpc) is 3.36. The molecule has 8 nitrogen and oxygen atoms in total. The predicted molar refractivity (Wildman–Crippen MR) is 111 cm³/mol. The van der Waals surface area contributed by atoms with Crippen LogP contribution in [0.15, 0.2) is 53.7 Å². The Morgan fingerprint density at radius 3 is 2.62 bits per heavy atom. The summed E-state index contributed by atoms with van der Waals surface area (Å²) in [4.78, 5) is 9.36. The Bertz CT molecular complexity index is 1290. The molecule has 0 atom stereocenters. The monoisotopic (exact) mass is 410 g/mol. The van der Waals surface area contributed by atoms with Crippen molar-refractivity contribution in [1.82, 2.24) is 23.8 Å². The fourth-order valence-corrected chi connectivity index (χ4v) is 5.52. The first-order chi connectivity index (χ1) is 14.1. The molecule has 3 aromatic heterocycles. The van der Waals surface area contributed by atoms with Crippen LogP contribution in [0.5, 0.6) is 0 Å². The van der Waals surface area contributed by atoms with Gasteiger partial charge in [0.1, 0.15) is 11.3 Å². The second-order valence-electron chi connectivity index (χ2n) is 7.24. The summed E-state index contributed by atoms with van der Waals surface area (Å²) in [6.45, 7) is 2.20. The summed E-state index contributed by atoms with van der Waals surface area (Å²) in [5.74, 6) is 0.805. The minimum Gasteiger partial charge on any atom is -0.324 e. The number of nitrogens with two attached hydrogens (primary N) is 1. The quantitative estimate of drug-likeness (QED) is 0.533. The van der Waals surface area contributed by atoms with E-state index in [2.05, 4.69) is 19.9 Å². The minimum atomic E-state index is -3.74. The Morgan fingerprint density at radius 1 is 1.14 bits per heavy atom. The molecule has 0 spiro atoms. The first kappa shape index (κ1) is 18.3. The minimum absolute atomic E-state index is 0.230. The van der Waals surface area contributed by atoms with E-state index in [0.29, 0.717) is 12.2 Å². The molecule has 1 fully saturated rings. The molecular formula is C20H22N6O2S. The first-order valence-corrected chi connectivity index (χ1v) is 11.1. The molecule has 4 heterocycles. The standard InChI is InChI=1S/C20H22N6O2S/c21-12-18-24-17-13-23-20-16(19(17)26(18)14-6-9-22-10-7-14)8-11-25(20)29(27,28)15-4-2-1-3-5-15/h1-5,8,11,13-14,22H,6-7,9-10,12,21H2. The lowest BCUT2D eigenvalue weighted by molar-refractivity contribution is 0.367. The number of hydrogen-bond donors (Lipinski definition) is 2. The van der Waals surface area contributed by atoms with Gasteiger partial charge in [-0.25, -0.2) is 22.4 Å². The van der Waals surface area contributed by atoms with Crippen LogP contribution < -0.4 is 11.1 Å². The lowest BCUT2D eigenvalue weighted by Gasteiger charge is -2.26. The molecule has 0 amide bonds. The first-order valence-electron chi connectivity index (χ1n) is 9.69. The Hall–Kier alpha value is -2.75. The molecular weight excluding hydrogens is 388 g/mol. The molecule has 1 saturated heterocycles. The maximum absolute atomic E-state index is 13.2. The second kappa shape index (κ2) is 6.94. The smallest absolute Gasteiger partial charge is 0.269 e. The van der Waals surface area contributed by atoms with Gasteiger partial charge in [-0.15, -0.1) is 0 Å². The zero-order chi connectivity index (χ0) is 20.0. The van der Waals surface area contributed by atoms with Crippen molar-refractivity contribution in [1.29, 1.82) is 0 Å². The number of hydrogen-bond acceptors (Lipinski definition) is 6. The highest BCUT2D eigenvalue weighted by molar-refractivity contribution is 7.90. The van der Waals surface area contributed by atoms with Gasteiger partial charge in [0.15, 0.2) is 5.65 Å². The van der Waals surface area contributed by atoms with Crippen LogP contribution in [0.2, 0.25) is 0 Å². The summed E-state index contributed by atoms with van der Waals surface area (Å²) in [7, 11) is -3.74. The zero-order valence-electron chi connectivity index (χ0n) is 15.8. The fourth-order valence-electron chi connectivity index (χ4n) is 4.20. The maximum atomic E-state index is 13.2. The molecule has 1 aromatic carbocycles. The number of nitrogens with one attached hydrogen (secondary N) is 1. The summed E-state index contributed by atoms with van der Waals surface area (Å²) < 4.78 is 29.8. The molecule has 4 aromatic rings. The van der Waals surface area contributed by atoms with Crippen molar-refractivity contribution in [2.24, 2.45) is 5.73 Å². The highest BCUT2D eigenvalue weighted by Gasteiger charge is 2.25. The Morgan fingerprint density at radius 2 is 1.90 bits per heavy atom. The van der Waals surface area contributed by atoms with Crippen molar-refractivity contribution < 1.29 is 8.42 Å². The van der Waals surface area contributed by atoms with Crippen LogP contribution in [0.3, 0.4) is 0 Å². The number of fused-ring (bicyclic) bond motifs is 3. The van der Waals surface area contributed by atoms with E-state index in [9.17, 15) is 8.42 Å². The third kappa shape index (κ3) is 2.85. The van der Waals surface area contributed by atoms with Crippen molar-refractivity contribution in [3.8, 4) is 0 Å². The predicted octanol–water partition coefficient (Wildman–Crippen LogP) is 2.01. The van der Waals surface area contributed by atoms with E-state index in [1.54, 1.807) is 42.7 Å². The number of benzene rings is 1. The summed E-state index contributed by atoms with van der Waals surface area (Å²) in [5, 5.41) is 4.15. The number of aromatic nitrogens is 4. The van der Waals surface area contributed by atoms with Gasteiger partial charge in [-0.3, -0.25) is 0 Å². The van der Waals surface area contributed by atoms with Gasteiger partial charge in [-0.2, -0.15) is 0 Å². The molecule has 5 rings (SSSR count). The number of pyridine rings is 1. The van der Waals surface area contributed by atoms with E-state index < -0.39 is 10.0 Å². The van der Waals surface area contributed by atoms with Crippen molar-refractivity contribution in [3.05, 3.63) is 54.6 Å². The number of rotatable bonds is 4. The fraction of sp³-hybridized carbons (Fsp3) is 0.300. The average molecular weight is 411 g/mol. The van der Waals surface area contributed by atoms with E-state index in [1.165, 1.54) is 3.97 Å². The summed E-state index contributed by atoms with van der Waals surface area (Å²) in [6.07, 6.45) is 5.17. The molecule has 1 aliphatic rings. The van der Waals surface area contributed by atoms with Gasteiger partial charge < -0.3 is 15.6 Å². The Balaban J connectivity index is 1.75. The SMILES string of the molecule is NCc1nc2cnc3c(ccn3S(=O)(=O)c3ccccc3)c2n1C1CCNCC1. The van der Waals surface area contributed by atoms with Gasteiger partial charge in [-0.1, -0.05) is 18.2 Å². The molecule has 3 N–H and O–H groups in total. The van der Waals surface area contributed by atoms with Crippen LogP contribution >= 0.6 is 0 Å². The molecule has 0 unspecified atom stereocenters. The van der Waals surface area contributed by atoms with Gasteiger partial charge in [0.2, 0.25) is 0 Å². The van der Waals surface area contributed by atoms with Crippen molar-refractivity contribution in [2.75, 3.05) is 13.1 Å². The zero-order valence-corrected chi connectivity index (χ0v) is 16.6. The van der Waals surface area contributed by atoms with Crippen LogP contribution in [0, 0.1) is 0 Å². The van der Waals surface area contributed by atoms with Crippen molar-refractivity contribution >= 4 is 32.1 Å². The van der Waals surface area contributed by atoms with E-state index in [4.69, 9.17) is 5.73 Å². The van der Waals surface area contributed by atoms with E-state index in [0.717, 1.165) is 48.2 Å². The topological polar surface area (TPSA) is 108 Å². The van der Waals surface area contributed by atoms with Gasteiger partial charge in [-0.05, 0) is 44.1 Å². The molecule has 9 heteroatoms. The highest BCUT2D eigenvalue weighted by atomic mass is 32.2. The molecule has 29 heavy (non-hydrogen) atoms. The van der Waals surface area contributed by atoms with Crippen LogP contribution in [-0.2, 0) is 16.6 Å². The van der Waals surface area contributed by atoms with Crippen LogP contribution in [-0.4, -0.2) is 40.0 Å². The third-order valence-corrected chi connectivity index (χ3v) is 7.24. The Kier molecular flexibility index (Phi) is 4.38. The van der Waals surface area contributed by atoms with Crippen LogP contribution in [0.1, 0.15) is 24.7 Å². The highest BCUT2D eigenvalue weighted by Crippen LogP contribution is 2.32. The van der Waals surface area contributed by atoms with Crippen molar-refractivity contribution in [3.63, 3.8) is 0 Å². The summed E-state index contributed by atoms with van der Waals surface area (Å²) in [5.41, 5.74) is 8.05. The number of piperidine rings is 1. The molecule has 1 aliphatic heterocycles. The largest absolute Gasteiger partial charge is 0.324 e. The maximum Gasteiger partial charge on any atom is 0.269 e. The molecule has 150 valence electrons. The normalized spacial score (nSPS) is 16.0. The molecule has 0 saturated carbocycles. The summed E-state index contributed by atoms with van der Waals surface area (Å²) in [6, 6.07) is 10.5. The van der Waals surface area contributed by atoms with Gasteiger partial charge in [0.05, 0.1) is 23.2 Å². The Labute approximate surface area is 168 Å². The van der Waals surface area contributed by atoms with Crippen LogP contribution in [0.25, 0.3) is 22.1 Å². The molecule has 0 aliphatic carbocycles. The van der Waals surface area contributed by atoms with Crippen LogP contribution in [0.4, 0.5) is 0 Å². The number of imidazole rings is 1. The van der Waals surface area contributed by atoms with E-state index in [-0.39, 0.29) is 10.9 Å². The molecule has 0 bridgehead atoms. The molecule has 0 radical (unpaired) electrons. The summed E-state index contributed by atoms with van der Waals surface area (Å²) >= 11 is 0.